The number of hydrogen-bond acceptors (Lipinski definition) is 5. The third kappa shape index (κ3) is 3.95. The van der Waals surface area contributed by atoms with Gasteiger partial charge in [-0.2, -0.15) is 5.26 Å². The standard InChI is InChI=1S/C16H23N5O/c1-11-8-15(14(9-17)12(2)19-11)20-13-4-6-21(7-5-13)10-16(22)18-3/h8,13H,4-7,10H2,1-3H3,(H,18,22)(H,19,20). The number of anilines is 1. The van der Waals surface area contributed by atoms with Crippen molar-refractivity contribution in [1.29, 1.82) is 5.26 Å². The van der Waals surface area contributed by atoms with Gasteiger partial charge in [-0.05, 0) is 32.8 Å². The second-order valence-corrected chi connectivity index (χ2v) is 5.75. The van der Waals surface area contributed by atoms with E-state index in [2.05, 4.69) is 26.6 Å². The molecule has 0 spiro atoms. The first-order valence-electron chi connectivity index (χ1n) is 7.61. The molecule has 2 rings (SSSR count). The smallest absolute Gasteiger partial charge is 0.233 e. The Balaban J connectivity index is 1.97. The summed E-state index contributed by atoms with van der Waals surface area (Å²) in [5.41, 5.74) is 3.17. The van der Waals surface area contributed by atoms with Gasteiger partial charge in [0.1, 0.15) is 6.07 Å². The first-order valence-corrected chi connectivity index (χ1v) is 7.61. The first-order chi connectivity index (χ1) is 10.5. The van der Waals surface area contributed by atoms with E-state index < -0.39 is 0 Å². The molecule has 2 N–H and O–H groups in total. The number of aryl methyl sites for hydroxylation is 2. The third-order valence-electron chi connectivity index (χ3n) is 4.03. The first kappa shape index (κ1) is 16.2. The van der Waals surface area contributed by atoms with Crippen molar-refractivity contribution in [2.75, 3.05) is 32.0 Å². The van der Waals surface area contributed by atoms with Gasteiger partial charge < -0.3 is 10.6 Å². The van der Waals surface area contributed by atoms with Gasteiger partial charge in [-0.15, -0.1) is 0 Å². The summed E-state index contributed by atoms with van der Waals surface area (Å²) < 4.78 is 0. The van der Waals surface area contributed by atoms with Gasteiger partial charge in [-0.3, -0.25) is 14.7 Å². The summed E-state index contributed by atoms with van der Waals surface area (Å²) in [6.45, 7) is 6.03. The Labute approximate surface area is 131 Å². The molecule has 1 aromatic heterocycles. The highest BCUT2D eigenvalue weighted by atomic mass is 16.1. The average Bonchev–Trinajstić information content (AvgIpc) is 2.48. The largest absolute Gasteiger partial charge is 0.381 e. The van der Waals surface area contributed by atoms with Gasteiger partial charge >= 0.3 is 0 Å². The van der Waals surface area contributed by atoms with Crippen molar-refractivity contribution in [1.82, 2.24) is 15.2 Å². The molecular formula is C16H23N5O. The number of aromatic nitrogens is 1. The molecule has 1 amide bonds. The summed E-state index contributed by atoms with van der Waals surface area (Å²) in [5, 5.41) is 15.4. The maximum atomic E-state index is 11.4. The van der Waals surface area contributed by atoms with Crippen LogP contribution in [0.5, 0.6) is 0 Å². The lowest BCUT2D eigenvalue weighted by molar-refractivity contribution is -0.122. The molecular weight excluding hydrogens is 278 g/mol. The normalized spacial score (nSPS) is 16.1. The number of carbonyl (C=O) groups is 1. The van der Waals surface area contributed by atoms with Gasteiger partial charge in [0, 0.05) is 31.9 Å². The molecule has 6 nitrogen and oxygen atoms in total. The molecule has 22 heavy (non-hydrogen) atoms. The van der Waals surface area contributed by atoms with Crippen LogP contribution in [-0.4, -0.2) is 48.5 Å². The molecule has 0 aliphatic carbocycles. The Morgan fingerprint density at radius 1 is 1.45 bits per heavy atom. The topological polar surface area (TPSA) is 81.1 Å². The molecule has 1 saturated heterocycles. The van der Waals surface area contributed by atoms with Crippen molar-refractivity contribution < 1.29 is 4.79 Å². The van der Waals surface area contributed by atoms with E-state index in [4.69, 9.17) is 0 Å². The molecule has 1 fully saturated rings. The predicted octanol–water partition coefficient (Wildman–Crippen LogP) is 1.19. The summed E-state index contributed by atoms with van der Waals surface area (Å²) >= 11 is 0. The number of carbonyl (C=O) groups excluding carboxylic acids is 1. The fourth-order valence-electron chi connectivity index (χ4n) is 2.82. The maximum absolute atomic E-state index is 11.4. The SMILES string of the molecule is CNC(=O)CN1CCC(Nc2cc(C)nc(C)c2C#N)CC1. The van der Waals surface area contributed by atoms with Gasteiger partial charge in [-0.25, -0.2) is 0 Å². The van der Waals surface area contributed by atoms with Gasteiger partial charge in [0.05, 0.1) is 23.5 Å². The Morgan fingerprint density at radius 2 is 2.14 bits per heavy atom. The number of nitriles is 1. The van der Waals surface area contributed by atoms with Crippen LogP contribution >= 0.6 is 0 Å². The van der Waals surface area contributed by atoms with Crippen LogP contribution in [0.25, 0.3) is 0 Å². The van der Waals surface area contributed by atoms with E-state index in [1.807, 2.05) is 19.9 Å². The van der Waals surface area contributed by atoms with Crippen LogP contribution in [0.15, 0.2) is 6.07 Å². The maximum Gasteiger partial charge on any atom is 0.233 e. The van der Waals surface area contributed by atoms with Gasteiger partial charge in [0.25, 0.3) is 0 Å². The summed E-state index contributed by atoms with van der Waals surface area (Å²) in [7, 11) is 1.66. The Kier molecular flexibility index (Phi) is 5.34. The lowest BCUT2D eigenvalue weighted by Crippen LogP contribution is -2.43. The number of pyridine rings is 1. The number of rotatable bonds is 4. The van der Waals surface area contributed by atoms with Crippen molar-refractivity contribution in [2.45, 2.75) is 32.7 Å². The molecule has 1 aliphatic heterocycles. The van der Waals surface area contributed by atoms with Gasteiger partial charge in [-0.1, -0.05) is 0 Å². The van der Waals surface area contributed by atoms with Gasteiger partial charge in [0.2, 0.25) is 5.91 Å². The molecule has 0 aromatic carbocycles. The molecule has 118 valence electrons. The van der Waals surface area contributed by atoms with Crippen molar-refractivity contribution in [3.05, 3.63) is 23.0 Å². The van der Waals surface area contributed by atoms with E-state index in [0.717, 1.165) is 43.0 Å². The van der Waals surface area contributed by atoms with E-state index in [0.29, 0.717) is 18.2 Å². The summed E-state index contributed by atoms with van der Waals surface area (Å²) in [5.74, 6) is 0.0542. The fourth-order valence-corrected chi connectivity index (χ4v) is 2.82. The van der Waals surface area contributed by atoms with Crippen LogP contribution in [0.3, 0.4) is 0 Å². The molecule has 0 radical (unpaired) electrons. The zero-order chi connectivity index (χ0) is 16.1. The zero-order valence-electron chi connectivity index (χ0n) is 13.4. The van der Waals surface area contributed by atoms with Crippen LogP contribution in [-0.2, 0) is 4.79 Å². The fraction of sp³-hybridized carbons (Fsp3) is 0.562. The molecule has 2 heterocycles. The third-order valence-corrected chi connectivity index (χ3v) is 4.03. The highest BCUT2D eigenvalue weighted by molar-refractivity contribution is 5.77. The molecule has 0 atom stereocenters. The van der Waals surface area contributed by atoms with Crippen LogP contribution in [0.2, 0.25) is 0 Å². The van der Waals surface area contributed by atoms with Crippen LogP contribution < -0.4 is 10.6 Å². The summed E-state index contributed by atoms with van der Waals surface area (Å²) in [6.07, 6.45) is 1.92. The number of amides is 1. The molecule has 1 aromatic rings. The van der Waals surface area contributed by atoms with Crippen LogP contribution in [0.4, 0.5) is 5.69 Å². The highest BCUT2D eigenvalue weighted by Crippen LogP contribution is 2.22. The van der Waals surface area contributed by atoms with Crippen molar-refractivity contribution in [3.63, 3.8) is 0 Å². The van der Waals surface area contributed by atoms with E-state index in [1.54, 1.807) is 7.05 Å². The average molecular weight is 301 g/mol. The minimum atomic E-state index is 0.0542. The molecule has 0 saturated carbocycles. The number of piperidine rings is 1. The highest BCUT2D eigenvalue weighted by Gasteiger charge is 2.21. The summed E-state index contributed by atoms with van der Waals surface area (Å²) in [6, 6.07) is 4.50. The van der Waals surface area contributed by atoms with E-state index in [1.165, 1.54) is 0 Å². The number of likely N-dealkylation sites (N-methyl/N-ethyl adjacent to an activating group) is 1. The second-order valence-electron chi connectivity index (χ2n) is 5.75. The molecule has 0 bridgehead atoms. The number of nitrogens with zero attached hydrogens (tertiary/aromatic N) is 3. The lowest BCUT2D eigenvalue weighted by atomic mass is 10.0. The van der Waals surface area contributed by atoms with E-state index >= 15 is 0 Å². The molecule has 0 unspecified atom stereocenters. The molecule has 1 aliphatic rings. The zero-order valence-corrected chi connectivity index (χ0v) is 13.4. The Bertz CT molecular complexity index is 585. The van der Waals surface area contributed by atoms with Crippen LogP contribution in [0, 0.1) is 25.2 Å². The monoisotopic (exact) mass is 301 g/mol. The summed E-state index contributed by atoms with van der Waals surface area (Å²) in [4.78, 5) is 17.9. The van der Waals surface area contributed by atoms with E-state index in [9.17, 15) is 10.1 Å². The quantitative estimate of drug-likeness (QED) is 0.873. The van der Waals surface area contributed by atoms with Crippen molar-refractivity contribution >= 4 is 11.6 Å². The Hall–Kier alpha value is -2.13. The van der Waals surface area contributed by atoms with Crippen molar-refractivity contribution in [2.24, 2.45) is 0 Å². The predicted molar refractivity (Wildman–Crippen MR) is 85.6 cm³/mol. The minimum absolute atomic E-state index is 0.0542. The lowest BCUT2D eigenvalue weighted by Gasteiger charge is -2.32. The van der Waals surface area contributed by atoms with E-state index in [-0.39, 0.29) is 5.91 Å². The number of hydrogen-bond donors (Lipinski definition) is 2. The number of nitrogens with one attached hydrogen (secondary N) is 2. The van der Waals surface area contributed by atoms with Crippen LogP contribution in [0.1, 0.15) is 29.8 Å². The van der Waals surface area contributed by atoms with Gasteiger partial charge in [0.15, 0.2) is 0 Å². The molecule has 6 heteroatoms. The second kappa shape index (κ2) is 7.23. The number of likely N-dealkylation sites (tertiary alicyclic amines) is 1. The van der Waals surface area contributed by atoms with Crippen molar-refractivity contribution in [3.8, 4) is 6.07 Å². The Morgan fingerprint density at radius 3 is 2.73 bits per heavy atom. The minimum Gasteiger partial charge on any atom is -0.381 e.